The Bertz CT molecular complexity index is 570. The second kappa shape index (κ2) is 6.99. The standard InChI is InChI=1S/C18H22BrNS/c1-18(2,3)14-6-4-13(5-7-14)17(20)12-21-16-10-8-15(19)9-11-16/h4-11,17H,12,20H2,1-3H3. The maximum absolute atomic E-state index is 6.30. The zero-order valence-electron chi connectivity index (χ0n) is 12.8. The summed E-state index contributed by atoms with van der Waals surface area (Å²) in [5.74, 6) is 0.885. The van der Waals surface area contributed by atoms with E-state index in [-0.39, 0.29) is 11.5 Å². The molecule has 21 heavy (non-hydrogen) atoms. The van der Waals surface area contributed by atoms with E-state index in [9.17, 15) is 0 Å². The quantitative estimate of drug-likeness (QED) is 0.721. The molecule has 0 spiro atoms. The SMILES string of the molecule is CC(C)(C)c1ccc(C(N)CSc2ccc(Br)cc2)cc1. The van der Waals surface area contributed by atoms with Crippen LogP contribution in [0.4, 0.5) is 0 Å². The second-order valence-electron chi connectivity index (χ2n) is 6.24. The molecule has 0 fully saturated rings. The van der Waals surface area contributed by atoms with Crippen LogP contribution in [-0.4, -0.2) is 5.75 Å². The summed E-state index contributed by atoms with van der Waals surface area (Å²) in [6.45, 7) is 6.68. The van der Waals surface area contributed by atoms with Gasteiger partial charge in [0.2, 0.25) is 0 Å². The van der Waals surface area contributed by atoms with E-state index in [4.69, 9.17) is 5.73 Å². The summed E-state index contributed by atoms with van der Waals surface area (Å²) in [4.78, 5) is 1.25. The Morgan fingerprint density at radius 1 is 1.00 bits per heavy atom. The van der Waals surface area contributed by atoms with Gasteiger partial charge >= 0.3 is 0 Å². The van der Waals surface area contributed by atoms with Crippen molar-refractivity contribution < 1.29 is 0 Å². The lowest BCUT2D eigenvalue weighted by molar-refractivity contribution is 0.589. The molecule has 2 aromatic rings. The minimum Gasteiger partial charge on any atom is -0.323 e. The highest BCUT2D eigenvalue weighted by molar-refractivity contribution is 9.10. The van der Waals surface area contributed by atoms with Gasteiger partial charge in [-0.05, 0) is 40.8 Å². The van der Waals surface area contributed by atoms with Crippen molar-refractivity contribution >= 4 is 27.7 Å². The lowest BCUT2D eigenvalue weighted by Gasteiger charge is -2.20. The fraction of sp³-hybridized carbons (Fsp3) is 0.333. The minimum absolute atomic E-state index is 0.0627. The van der Waals surface area contributed by atoms with Gasteiger partial charge in [0.05, 0.1) is 0 Å². The van der Waals surface area contributed by atoms with Crippen LogP contribution in [0, 0.1) is 0 Å². The Morgan fingerprint density at radius 3 is 2.10 bits per heavy atom. The van der Waals surface area contributed by atoms with E-state index in [1.165, 1.54) is 16.0 Å². The van der Waals surface area contributed by atoms with E-state index in [0.717, 1.165) is 10.2 Å². The number of hydrogen-bond acceptors (Lipinski definition) is 2. The van der Waals surface area contributed by atoms with Crippen LogP contribution in [0.5, 0.6) is 0 Å². The molecule has 2 aromatic carbocycles. The molecule has 2 N–H and O–H groups in total. The lowest BCUT2D eigenvalue weighted by Crippen LogP contribution is -2.15. The van der Waals surface area contributed by atoms with Gasteiger partial charge in [-0.1, -0.05) is 61.0 Å². The molecule has 3 heteroatoms. The molecule has 0 bridgehead atoms. The molecule has 112 valence electrons. The van der Waals surface area contributed by atoms with Crippen molar-refractivity contribution in [3.8, 4) is 0 Å². The van der Waals surface area contributed by atoms with Crippen LogP contribution in [0.25, 0.3) is 0 Å². The summed E-state index contributed by atoms with van der Waals surface area (Å²) in [7, 11) is 0. The van der Waals surface area contributed by atoms with Crippen molar-refractivity contribution in [2.24, 2.45) is 5.73 Å². The summed E-state index contributed by atoms with van der Waals surface area (Å²) >= 11 is 5.25. The Hall–Kier alpha value is -0.770. The van der Waals surface area contributed by atoms with E-state index >= 15 is 0 Å². The highest BCUT2D eigenvalue weighted by Gasteiger charge is 2.14. The number of nitrogens with two attached hydrogens (primary N) is 1. The van der Waals surface area contributed by atoms with Crippen LogP contribution in [0.15, 0.2) is 57.9 Å². The van der Waals surface area contributed by atoms with Crippen LogP contribution in [0.3, 0.4) is 0 Å². The van der Waals surface area contributed by atoms with Gasteiger partial charge in [0.15, 0.2) is 0 Å². The number of hydrogen-bond donors (Lipinski definition) is 1. The Morgan fingerprint density at radius 2 is 1.57 bits per heavy atom. The number of benzene rings is 2. The van der Waals surface area contributed by atoms with Gasteiger partial charge in [0.25, 0.3) is 0 Å². The van der Waals surface area contributed by atoms with E-state index in [1.807, 2.05) is 0 Å². The predicted molar refractivity (Wildman–Crippen MR) is 96.9 cm³/mol. The first-order chi connectivity index (χ1) is 9.86. The second-order valence-corrected chi connectivity index (χ2v) is 8.25. The summed E-state index contributed by atoms with van der Waals surface area (Å²) < 4.78 is 1.11. The molecule has 0 amide bonds. The van der Waals surface area contributed by atoms with Crippen molar-refractivity contribution in [1.29, 1.82) is 0 Å². The van der Waals surface area contributed by atoms with Gasteiger partial charge in [-0.3, -0.25) is 0 Å². The third-order valence-electron chi connectivity index (χ3n) is 3.45. The first kappa shape index (κ1) is 16.6. The predicted octanol–water partition coefficient (Wildman–Crippen LogP) is 5.54. The molecule has 1 unspecified atom stereocenters. The molecule has 0 radical (unpaired) electrons. The monoisotopic (exact) mass is 363 g/mol. The molecule has 0 heterocycles. The zero-order chi connectivity index (χ0) is 15.5. The molecule has 1 nitrogen and oxygen atoms in total. The topological polar surface area (TPSA) is 26.0 Å². The summed E-state index contributed by atoms with van der Waals surface area (Å²) in [6, 6.07) is 17.1. The van der Waals surface area contributed by atoms with Crippen molar-refractivity contribution in [3.05, 3.63) is 64.1 Å². The molecule has 0 aliphatic carbocycles. The molecule has 1 atom stereocenters. The fourth-order valence-corrected chi connectivity index (χ4v) is 3.20. The number of thioether (sulfide) groups is 1. The van der Waals surface area contributed by atoms with Crippen molar-refractivity contribution in [1.82, 2.24) is 0 Å². The normalized spacial score (nSPS) is 13.2. The Balaban J connectivity index is 1.97. The molecule has 2 rings (SSSR count). The molecule has 0 saturated heterocycles. The Labute approximate surface area is 140 Å². The molecular weight excluding hydrogens is 342 g/mol. The smallest absolute Gasteiger partial charge is 0.0390 e. The van der Waals surface area contributed by atoms with Crippen LogP contribution in [0.1, 0.15) is 37.9 Å². The van der Waals surface area contributed by atoms with Crippen molar-refractivity contribution in [2.45, 2.75) is 37.1 Å². The van der Waals surface area contributed by atoms with Crippen molar-refractivity contribution in [3.63, 3.8) is 0 Å². The lowest BCUT2D eigenvalue weighted by atomic mass is 9.86. The first-order valence-corrected chi connectivity index (χ1v) is 8.88. The fourth-order valence-electron chi connectivity index (χ4n) is 2.04. The van der Waals surface area contributed by atoms with Crippen LogP contribution >= 0.6 is 27.7 Å². The minimum atomic E-state index is 0.0627. The third kappa shape index (κ3) is 4.87. The van der Waals surface area contributed by atoms with E-state index in [0.29, 0.717) is 0 Å². The van der Waals surface area contributed by atoms with Gasteiger partial charge in [0, 0.05) is 21.2 Å². The molecule has 0 aromatic heterocycles. The molecular formula is C18H22BrNS. The Kier molecular flexibility index (Phi) is 5.53. The zero-order valence-corrected chi connectivity index (χ0v) is 15.2. The summed E-state index contributed by atoms with van der Waals surface area (Å²) in [5.41, 5.74) is 9.04. The van der Waals surface area contributed by atoms with Gasteiger partial charge < -0.3 is 5.73 Å². The molecule has 0 aliphatic heterocycles. The van der Waals surface area contributed by atoms with Gasteiger partial charge in [0.1, 0.15) is 0 Å². The van der Waals surface area contributed by atoms with E-state index in [2.05, 4.69) is 85.2 Å². The van der Waals surface area contributed by atoms with Crippen LogP contribution < -0.4 is 5.73 Å². The van der Waals surface area contributed by atoms with Crippen LogP contribution in [-0.2, 0) is 5.41 Å². The molecule has 0 saturated carbocycles. The largest absolute Gasteiger partial charge is 0.323 e. The van der Waals surface area contributed by atoms with Gasteiger partial charge in [-0.15, -0.1) is 11.8 Å². The van der Waals surface area contributed by atoms with E-state index < -0.39 is 0 Å². The maximum atomic E-state index is 6.30. The number of rotatable bonds is 4. The first-order valence-electron chi connectivity index (χ1n) is 7.10. The number of halogens is 1. The van der Waals surface area contributed by atoms with Crippen molar-refractivity contribution in [2.75, 3.05) is 5.75 Å². The van der Waals surface area contributed by atoms with Gasteiger partial charge in [-0.2, -0.15) is 0 Å². The summed E-state index contributed by atoms with van der Waals surface area (Å²) in [6.07, 6.45) is 0. The molecule has 0 aliphatic rings. The summed E-state index contributed by atoms with van der Waals surface area (Å²) in [5, 5.41) is 0. The van der Waals surface area contributed by atoms with Crippen LogP contribution in [0.2, 0.25) is 0 Å². The average Bonchev–Trinajstić information content (AvgIpc) is 2.45. The maximum Gasteiger partial charge on any atom is 0.0390 e. The van der Waals surface area contributed by atoms with E-state index in [1.54, 1.807) is 11.8 Å². The highest BCUT2D eigenvalue weighted by atomic mass is 79.9. The van der Waals surface area contributed by atoms with Gasteiger partial charge in [-0.25, -0.2) is 0 Å². The average molecular weight is 364 g/mol. The third-order valence-corrected chi connectivity index (χ3v) is 5.11. The highest BCUT2D eigenvalue weighted by Crippen LogP contribution is 2.27.